The van der Waals surface area contributed by atoms with E-state index in [1.165, 1.54) is 0 Å². The van der Waals surface area contributed by atoms with Gasteiger partial charge in [0.05, 0.1) is 0 Å². The molecule has 0 aliphatic carbocycles. The zero-order valence-corrected chi connectivity index (χ0v) is 18.2. The van der Waals surface area contributed by atoms with Crippen molar-refractivity contribution in [2.45, 2.75) is 0 Å². The Morgan fingerprint density at radius 3 is 2.45 bits per heavy atom. The maximum atomic E-state index is 5.06. The summed E-state index contributed by atoms with van der Waals surface area (Å²) in [5.41, 5.74) is 5.73. The normalized spacial score (nSPS) is 10.8. The quantitative estimate of drug-likeness (QED) is 0.210. The zero-order chi connectivity index (χ0) is 20.2. The Morgan fingerprint density at radius 2 is 1.61 bits per heavy atom. The SMILES string of the molecule is [C-](=Cc1ccccn1)c1ccccc1-c1cc2ccccc2c(-c2[c-]cccc2)n1.[Pd+2]. The predicted molar refractivity (Wildman–Crippen MR) is 122 cm³/mol. The molecule has 0 aliphatic heterocycles. The van der Waals surface area contributed by atoms with Crippen LogP contribution in [0.4, 0.5) is 0 Å². The standard InChI is InChI=1S/C28H18N2.Pd/c1-2-11-22(12-3-1)28-26-16-7-5-13-23(26)20-27(30-28)25-15-6-4-10-21(25)17-18-24-14-8-9-19-29-24;/h1-11,13-16,18-20H;/q-2;+2. The van der Waals surface area contributed by atoms with E-state index in [1.54, 1.807) is 6.20 Å². The Hall–Kier alpha value is -3.38. The molecule has 2 aromatic heterocycles. The molecule has 0 unspecified atom stereocenters. The van der Waals surface area contributed by atoms with Gasteiger partial charge in [-0.1, -0.05) is 54.1 Å². The van der Waals surface area contributed by atoms with Crippen molar-refractivity contribution in [2.24, 2.45) is 0 Å². The summed E-state index contributed by atoms with van der Waals surface area (Å²) in [5, 5.41) is 2.27. The summed E-state index contributed by atoms with van der Waals surface area (Å²) in [4.78, 5) is 9.41. The molecule has 0 saturated carbocycles. The molecule has 0 aliphatic rings. The third-order valence-corrected chi connectivity index (χ3v) is 4.97. The average Bonchev–Trinajstić information content (AvgIpc) is 2.83. The molecule has 5 aromatic rings. The van der Waals surface area contributed by atoms with Crippen molar-refractivity contribution in [1.29, 1.82) is 0 Å². The summed E-state index contributed by atoms with van der Waals surface area (Å²) in [7, 11) is 0. The molecule has 2 heterocycles. The van der Waals surface area contributed by atoms with Crippen LogP contribution in [0.25, 0.3) is 39.4 Å². The molecule has 150 valence electrons. The molecule has 3 aromatic carbocycles. The molecule has 2 nitrogen and oxygen atoms in total. The molecule has 5 rings (SSSR count). The van der Waals surface area contributed by atoms with Gasteiger partial charge in [0.25, 0.3) is 0 Å². The Labute approximate surface area is 196 Å². The van der Waals surface area contributed by atoms with Gasteiger partial charge in [0, 0.05) is 11.9 Å². The number of hydrogen-bond donors (Lipinski definition) is 0. The summed E-state index contributed by atoms with van der Waals surface area (Å²) in [6.07, 6.45) is 7.09. The summed E-state index contributed by atoms with van der Waals surface area (Å²) >= 11 is 0. The van der Waals surface area contributed by atoms with Crippen LogP contribution in [0, 0.1) is 12.1 Å². The minimum absolute atomic E-state index is 0. The van der Waals surface area contributed by atoms with Crippen molar-refractivity contribution in [1.82, 2.24) is 9.97 Å². The first-order chi connectivity index (χ1) is 14.9. The zero-order valence-electron chi connectivity index (χ0n) is 16.6. The van der Waals surface area contributed by atoms with Gasteiger partial charge >= 0.3 is 20.4 Å². The van der Waals surface area contributed by atoms with Crippen LogP contribution < -0.4 is 0 Å². The maximum Gasteiger partial charge on any atom is 2.00 e. The van der Waals surface area contributed by atoms with Crippen molar-refractivity contribution in [2.75, 3.05) is 0 Å². The molecule has 0 N–H and O–H groups in total. The van der Waals surface area contributed by atoms with Gasteiger partial charge in [-0.3, -0.25) is 0 Å². The Balaban J connectivity index is 0.00000231. The number of pyridine rings is 2. The largest absolute Gasteiger partial charge is 2.00 e. The Morgan fingerprint density at radius 1 is 0.806 bits per heavy atom. The monoisotopic (exact) mass is 488 g/mol. The topological polar surface area (TPSA) is 25.8 Å². The number of hydrogen-bond acceptors (Lipinski definition) is 2. The van der Waals surface area contributed by atoms with Crippen LogP contribution >= 0.6 is 0 Å². The minimum Gasteiger partial charge on any atom is -0.306 e. The first-order valence-corrected chi connectivity index (χ1v) is 9.85. The van der Waals surface area contributed by atoms with Gasteiger partial charge in [0.1, 0.15) is 0 Å². The van der Waals surface area contributed by atoms with Gasteiger partial charge in [0.15, 0.2) is 0 Å². The number of rotatable bonds is 4. The van der Waals surface area contributed by atoms with Gasteiger partial charge in [-0.2, -0.15) is 0 Å². The van der Waals surface area contributed by atoms with E-state index in [1.807, 2.05) is 60.7 Å². The van der Waals surface area contributed by atoms with Crippen molar-refractivity contribution in [3.05, 3.63) is 127 Å². The molecule has 0 amide bonds. The predicted octanol–water partition coefficient (Wildman–Crippen LogP) is 6.63. The molecule has 0 saturated heterocycles. The first kappa shape index (κ1) is 20.9. The second kappa shape index (κ2) is 9.62. The summed E-state index contributed by atoms with van der Waals surface area (Å²) in [6.45, 7) is 0. The van der Waals surface area contributed by atoms with Gasteiger partial charge < -0.3 is 9.97 Å². The molecule has 0 fully saturated rings. The van der Waals surface area contributed by atoms with Crippen LogP contribution in [0.15, 0.2) is 103 Å². The molecule has 0 spiro atoms. The third kappa shape index (κ3) is 4.54. The van der Waals surface area contributed by atoms with Gasteiger partial charge in [-0.05, 0) is 34.3 Å². The molecule has 0 bridgehead atoms. The minimum atomic E-state index is 0. The van der Waals surface area contributed by atoms with E-state index >= 15 is 0 Å². The molecule has 3 heteroatoms. The maximum absolute atomic E-state index is 5.06. The average molecular weight is 489 g/mol. The van der Waals surface area contributed by atoms with Crippen molar-refractivity contribution in [3.63, 3.8) is 0 Å². The summed E-state index contributed by atoms with van der Waals surface area (Å²) in [5.74, 6) is 0. The van der Waals surface area contributed by atoms with Crippen LogP contribution in [-0.2, 0) is 20.4 Å². The second-order valence-electron chi connectivity index (χ2n) is 6.94. The van der Waals surface area contributed by atoms with Crippen LogP contribution in [0.5, 0.6) is 0 Å². The molecular weight excluding hydrogens is 471 g/mol. The number of nitrogens with zero attached hydrogens (tertiary/aromatic N) is 2. The van der Waals surface area contributed by atoms with E-state index in [-0.39, 0.29) is 20.4 Å². The number of benzene rings is 3. The smallest absolute Gasteiger partial charge is 0.306 e. The van der Waals surface area contributed by atoms with E-state index in [0.717, 1.165) is 44.5 Å². The molecule has 31 heavy (non-hydrogen) atoms. The Kier molecular flexibility index (Phi) is 6.48. The van der Waals surface area contributed by atoms with Crippen LogP contribution in [0.3, 0.4) is 0 Å². The van der Waals surface area contributed by atoms with Crippen molar-refractivity contribution < 1.29 is 20.4 Å². The fourth-order valence-corrected chi connectivity index (χ4v) is 3.53. The van der Waals surface area contributed by atoms with Gasteiger partial charge in [0.2, 0.25) is 0 Å². The summed E-state index contributed by atoms with van der Waals surface area (Å²) < 4.78 is 0. The van der Waals surface area contributed by atoms with Crippen molar-refractivity contribution in [3.8, 4) is 22.5 Å². The second-order valence-corrected chi connectivity index (χ2v) is 6.94. The Bertz CT molecular complexity index is 1330. The number of aromatic nitrogens is 2. The van der Waals surface area contributed by atoms with Crippen LogP contribution in [-0.4, -0.2) is 9.97 Å². The van der Waals surface area contributed by atoms with E-state index in [0.29, 0.717) is 0 Å². The molecular formula is C28H18N2Pd. The van der Waals surface area contributed by atoms with E-state index in [9.17, 15) is 0 Å². The van der Waals surface area contributed by atoms with Crippen molar-refractivity contribution >= 4 is 16.8 Å². The molecule has 0 atom stereocenters. The van der Waals surface area contributed by atoms with E-state index in [4.69, 9.17) is 4.98 Å². The fraction of sp³-hybridized carbons (Fsp3) is 0. The van der Waals surface area contributed by atoms with E-state index in [2.05, 4.69) is 59.6 Å². The van der Waals surface area contributed by atoms with E-state index < -0.39 is 0 Å². The number of fused-ring (bicyclic) bond motifs is 1. The van der Waals surface area contributed by atoms with Crippen LogP contribution in [0.2, 0.25) is 0 Å². The van der Waals surface area contributed by atoms with Gasteiger partial charge in [-0.25, -0.2) is 0 Å². The third-order valence-electron chi connectivity index (χ3n) is 4.97. The first-order valence-electron chi connectivity index (χ1n) is 9.85. The fourth-order valence-electron chi connectivity index (χ4n) is 3.53. The van der Waals surface area contributed by atoms with Crippen LogP contribution in [0.1, 0.15) is 11.3 Å². The molecule has 0 radical (unpaired) electrons. The van der Waals surface area contributed by atoms with Gasteiger partial charge in [-0.15, -0.1) is 65.7 Å². The summed E-state index contributed by atoms with van der Waals surface area (Å²) in [6, 6.07) is 35.8.